The molecule has 3 rings (SSSR count). The lowest BCUT2D eigenvalue weighted by atomic mass is 10.0. The van der Waals surface area contributed by atoms with Crippen molar-refractivity contribution in [2.24, 2.45) is 0 Å². The van der Waals surface area contributed by atoms with Crippen molar-refractivity contribution >= 4 is 5.69 Å². The van der Waals surface area contributed by atoms with Gasteiger partial charge in [0.1, 0.15) is 5.82 Å². The van der Waals surface area contributed by atoms with E-state index in [9.17, 15) is 4.39 Å². The predicted molar refractivity (Wildman–Crippen MR) is 80.7 cm³/mol. The summed E-state index contributed by atoms with van der Waals surface area (Å²) in [5.41, 5.74) is 1.67. The van der Waals surface area contributed by atoms with Crippen LogP contribution in [-0.4, -0.2) is 26.0 Å². The molecule has 104 valence electrons. The standard InChI is InChI=1S/C17H19FN2/c18-16-5-1-14(2-6-16)13-15-3-7-17(8-4-15)20-11-9-19-10-12-20/h1-8,19H,9-13H2/i9D2,10D2,11D2,12D2. The van der Waals surface area contributed by atoms with E-state index in [0.717, 1.165) is 11.1 Å². The van der Waals surface area contributed by atoms with Gasteiger partial charge in [0.2, 0.25) is 0 Å². The number of benzene rings is 2. The van der Waals surface area contributed by atoms with Crippen LogP contribution in [0.2, 0.25) is 0 Å². The van der Waals surface area contributed by atoms with Crippen molar-refractivity contribution in [3.8, 4) is 0 Å². The van der Waals surface area contributed by atoms with Gasteiger partial charge in [-0.15, -0.1) is 0 Å². The molecule has 0 saturated carbocycles. The van der Waals surface area contributed by atoms with E-state index in [0.29, 0.717) is 11.3 Å². The molecule has 0 aromatic heterocycles. The molecule has 1 N–H and O–H groups in total. The SMILES string of the molecule is [2H]C1([2H])NC([2H])([2H])C([2H])([2H])N(c2ccc(Cc3ccc(F)cc3)cc2)C1([2H])[2H]. The molecule has 0 atom stereocenters. The summed E-state index contributed by atoms with van der Waals surface area (Å²) in [5.74, 6) is -0.342. The molecule has 2 aromatic rings. The molecule has 1 fully saturated rings. The predicted octanol–water partition coefficient (Wildman–Crippen LogP) is 2.83. The van der Waals surface area contributed by atoms with Gasteiger partial charge in [-0.2, -0.15) is 0 Å². The number of anilines is 1. The molecule has 20 heavy (non-hydrogen) atoms. The Balaban J connectivity index is 1.95. The van der Waals surface area contributed by atoms with Gasteiger partial charge in [0.05, 0.1) is 5.48 Å². The molecular formula is C17H19FN2. The molecule has 0 radical (unpaired) electrons. The highest BCUT2D eigenvalue weighted by molar-refractivity contribution is 5.48. The number of hydrogen-bond donors (Lipinski definition) is 1. The summed E-state index contributed by atoms with van der Waals surface area (Å²) in [6.07, 6.45) is 0.476. The van der Waals surface area contributed by atoms with E-state index < -0.39 is 26.0 Å². The summed E-state index contributed by atoms with van der Waals surface area (Å²) in [7, 11) is 0. The molecule has 0 spiro atoms. The van der Waals surface area contributed by atoms with Crippen LogP contribution in [0, 0.1) is 5.82 Å². The first-order valence-electron chi connectivity index (χ1n) is 10.2. The minimum Gasteiger partial charge on any atom is -0.369 e. The molecule has 1 saturated heterocycles. The Bertz CT molecular complexity index is 826. The second kappa shape index (κ2) is 6.06. The zero-order valence-corrected chi connectivity index (χ0v) is 10.7. The van der Waals surface area contributed by atoms with Crippen LogP contribution in [0.3, 0.4) is 0 Å². The second-order valence-electron chi connectivity index (χ2n) is 4.40. The monoisotopic (exact) mass is 278 g/mol. The van der Waals surface area contributed by atoms with Crippen LogP contribution in [0.15, 0.2) is 48.5 Å². The molecule has 1 aliphatic heterocycles. The van der Waals surface area contributed by atoms with Crippen LogP contribution in [-0.2, 0) is 6.42 Å². The Kier molecular flexibility index (Phi) is 2.04. The van der Waals surface area contributed by atoms with Gasteiger partial charge in [0.25, 0.3) is 0 Å². The Morgan fingerprint density at radius 1 is 0.950 bits per heavy atom. The van der Waals surface area contributed by atoms with Crippen molar-refractivity contribution in [3.63, 3.8) is 0 Å². The third-order valence-electron chi connectivity index (χ3n) is 2.98. The first-order chi connectivity index (χ1) is 12.8. The fraction of sp³-hybridized carbons (Fsp3) is 0.294. The van der Waals surface area contributed by atoms with Crippen molar-refractivity contribution in [3.05, 3.63) is 65.5 Å². The van der Waals surface area contributed by atoms with Gasteiger partial charge in [-0.05, 0) is 41.8 Å². The summed E-state index contributed by atoms with van der Waals surface area (Å²) in [5, 5.41) is 1.81. The van der Waals surface area contributed by atoms with Crippen molar-refractivity contribution in [2.75, 3.05) is 30.9 Å². The van der Waals surface area contributed by atoms with E-state index in [1.165, 1.54) is 24.3 Å². The highest BCUT2D eigenvalue weighted by Crippen LogP contribution is 2.18. The number of halogens is 1. The van der Waals surface area contributed by atoms with E-state index in [1.54, 1.807) is 29.6 Å². The Morgan fingerprint density at radius 2 is 1.50 bits per heavy atom. The molecule has 0 unspecified atom stereocenters. The average molecular weight is 278 g/mol. The zero-order chi connectivity index (χ0) is 21.0. The highest BCUT2D eigenvalue weighted by atomic mass is 19.1. The highest BCUT2D eigenvalue weighted by Gasteiger charge is 2.09. The maximum absolute atomic E-state index is 13.0. The molecule has 0 bridgehead atoms. The summed E-state index contributed by atoms with van der Waals surface area (Å²) >= 11 is 0. The van der Waals surface area contributed by atoms with Crippen LogP contribution >= 0.6 is 0 Å². The molecule has 3 heteroatoms. The maximum atomic E-state index is 13.0. The van der Waals surface area contributed by atoms with E-state index in [1.807, 2.05) is 0 Å². The molecule has 1 aliphatic rings. The lowest BCUT2D eigenvalue weighted by Gasteiger charge is -2.29. The normalized spacial score (nSPS) is 31.4. The minimum atomic E-state index is -2.86. The minimum absolute atomic E-state index is 0.00658. The second-order valence-corrected chi connectivity index (χ2v) is 4.40. The summed E-state index contributed by atoms with van der Waals surface area (Å²) in [6, 6.07) is 12.1. The van der Waals surface area contributed by atoms with Gasteiger partial charge >= 0.3 is 0 Å². The van der Waals surface area contributed by atoms with Gasteiger partial charge in [-0.1, -0.05) is 24.3 Å². The largest absolute Gasteiger partial charge is 0.369 e. The number of nitrogens with zero attached hydrogens (tertiary/aromatic N) is 1. The average Bonchev–Trinajstić information content (AvgIpc) is 2.56. The molecule has 1 heterocycles. The van der Waals surface area contributed by atoms with Crippen molar-refractivity contribution in [1.82, 2.24) is 5.32 Å². The van der Waals surface area contributed by atoms with Crippen LogP contribution in [0.1, 0.15) is 22.1 Å². The lowest BCUT2D eigenvalue weighted by molar-refractivity contribution is 0.589. The lowest BCUT2D eigenvalue weighted by Crippen LogP contribution is -2.43. The van der Waals surface area contributed by atoms with E-state index in [2.05, 4.69) is 0 Å². The van der Waals surface area contributed by atoms with E-state index in [4.69, 9.17) is 11.0 Å². The van der Waals surface area contributed by atoms with Crippen LogP contribution in [0.25, 0.3) is 0 Å². The Morgan fingerprint density at radius 3 is 2.10 bits per heavy atom. The fourth-order valence-electron chi connectivity index (χ4n) is 1.96. The van der Waals surface area contributed by atoms with Crippen molar-refractivity contribution < 1.29 is 15.4 Å². The summed E-state index contributed by atoms with van der Waals surface area (Å²) in [4.78, 5) is 0.498. The molecular weight excluding hydrogens is 251 g/mol. The first kappa shape index (κ1) is 6.72. The number of nitrogens with one attached hydrogen (secondary N) is 1. The fourth-order valence-corrected chi connectivity index (χ4v) is 1.96. The van der Waals surface area contributed by atoms with E-state index >= 15 is 0 Å². The van der Waals surface area contributed by atoms with Gasteiger partial charge in [0, 0.05) is 37.2 Å². The smallest absolute Gasteiger partial charge is 0.123 e. The van der Waals surface area contributed by atoms with Gasteiger partial charge in [-0.3, -0.25) is 0 Å². The Labute approximate surface area is 130 Å². The third kappa shape index (κ3) is 3.17. The Hall–Kier alpha value is -1.87. The number of rotatable bonds is 3. The van der Waals surface area contributed by atoms with Crippen molar-refractivity contribution in [2.45, 2.75) is 6.42 Å². The summed E-state index contributed by atoms with van der Waals surface area (Å²) < 4.78 is 76.9. The van der Waals surface area contributed by atoms with Crippen LogP contribution in [0.4, 0.5) is 10.1 Å². The molecule has 2 nitrogen and oxygen atoms in total. The molecule has 2 aromatic carbocycles. The molecule has 0 aliphatic carbocycles. The van der Waals surface area contributed by atoms with Crippen LogP contribution in [0.5, 0.6) is 0 Å². The number of piperazine rings is 1. The topological polar surface area (TPSA) is 15.3 Å². The van der Waals surface area contributed by atoms with Gasteiger partial charge < -0.3 is 10.2 Å². The van der Waals surface area contributed by atoms with Gasteiger partial charge in [-0.25, -0.2) is 4.39 Å². The zero-order valence-electron chi connectivity index (χ0n) is 18.7. The van der Waals surface area contributed by atoms with Crippen molar-refractivity contribution in [1.29, 1.82) is 0 Å². The third-order valence-corrected chi connectivity index (χ3v) is 2.98. The molecule has 0 amide bonds. The maximum Gasteiger partial charge on any atom is 0.123 e. The first-order valence-corrected chi connectivity index (χ1v) is 6.21. The summed E-state index contributed by atoms with van der Waals surface area (Å²) in [6.45, 7) is -11.4. The number of hydrogen-bond acceptors (Lipinski definition) is 2. The van der Waals surface area contributed by atoms with Gasteiger partial charge in [0.15, 0.2) is 0 Å². The van der Waals surface area contributed by atoms with Crippen LogP contribution < -0.4 is 10.2 Å². The quantitative estimate of drug-likeness (QED) is 0.929. The van der Waals surface area contributed by atoms with E-state index in [-0.39, 0.29) is 11.5 Å².